The molecule has 0 aromatic heterocycles. The Morgan fingerprint density at radius 1 is 1.00 bits per heavy atom. The summed E-state index contributed by atoms with van der Waals surface area (Å²) in [5.41, 5.74) is 1.15. The van der Waals surface area contributed by atoms with Crippen molar-refractivity contribution in [1.29, 1.82) is 0 Å². The van der Waals surface area contributed by atoms with Gasteiger partial charge in [0.15, 0.2) is 0 Å². The lowest BCUT2D eigenvalue weighted by Crippen LogP contribution is -2.31. The molecule has 168 valence electrons. The summed E-state index contributed by atoms with van der Waals surface area (Å²) < 4.78 is 42.7. The number of carbonyl (C=O) groups excluding carboxylic acids is 1. The molecule has 1 unspecified atom stereocenters. The van der Waals surface area contributed by atoms with Crippen molar-refractivity contribution in [3.63, 3.8) is 0 Å². The molecule has 3 rings (SSSR count). The Hall–Kier alpha value is -2.78. The van der Waals surface area contributed by atoms with E-state index in [0.29, 0.717) is 18.0 Å². The van der Waals surface area contributed by atoms with Crippen molar-refractivity contribution in [2.75, 3.05) is 42.0 Å². The molecule has 0 N–H and O–H groups in total. The average molecular weight is 449 g/mol. The van der Waals surface area contributed by atoms with Crippen molar-refractivity contribution in [3.8, 4) is 17.2 Å². The lowest BCUT2D eigenvalue weighted by Gasteiger charge is -2.27. The first-order valence-electron chi connectivity index (χ1n) is 9.88. The van der Waals surface area contributed by atoms with Crippen LogP contribution in [0.3, 0.4) is 0 Å². The Labute approximate surface area is 183 Å². The predicted octanol–water partition coefficient (Wildman–Crippen LogP) is 2.94. The van der Waals surface area contributed by atoms with Crippen molar-refractivity contribution < 1.29 is 27.4 Å². The van der Waals surface area contributed by atoms with Crippen molar-refractivity contribution in [3.05, 3.63) is 47.5 Å². The zero-order valence-electron chi connectivity index (χ0n) is 18.4. The minimum absolute atomic E-state index is 0.0412. The average Bonchev–Trinajstić information content (AvgIpc) is 3.27. The van der Waals surface area contributed by atoms with E-state index in [1.165, 1.54) is 33.3 Å². The summed E-state index contributed by atoms with van der Waals surface area (Å²) in [7, 11) is 3.68. The summed E-state index contributed by atoms with van der Waals surface area (Å²) in [5, 5.41) is 0. The van der Waals surface area contributed by atoms with Crippen LogP contribution in [0.1, 0.15) is 34.8 Å². The molecule has 1 saturated heterocycles. The minimum Gasteiger partial charge on any atom is -0.497 e. The Balaban J connectivity index is 2.02. The minimum atomic E-state index is -3.78. The molecule has 2 aromatic carbocycles. The molecule has 1 amide bonds. The first kappa shape index (κ1) is 22.9. The highest BCUT2D eigenvalue weighted by Gasteiger charge is 2.34. The lowest BCUT2D eigenvalue weighted by molar-refractivity contribution is 0.0733. The van der Waals surface area contributed by atoms with Gasteiger partial charge >= 0.3 is 0 Å². The van der Waals surface area contributed by atoms with Gasteiger partial charge in [-0.05, 0) is 49.2 Å². The maximum absolute atomic E-state index is 13.4. The summed E-state index contributed by atoms with van der Waals surface area (Å²) >= 11 is 0. The number of amides is 1. The number of nitrogens with zero attached hydrogens (tertiary/aromatic N) is 2. The second-order valence-electron chi connectivity index (χ2n) is 7.42. The number of sulfonamides is 1. The van der Waals surface area contributed by atoms with Gasteiger partial charge in [0.25, 0.3) is 5.91 Å². The van der Waals surface area contributed by atoms with E-state index >= 15 is 0 Å². The van der Waals surface area contributed by atoms with Gasteiger partial charge in [-0.25, -0.2) is 12.7 Å². The van der Waals surface area contributed by atoms with Gasteiger partial charge in [-0.15, -0.1) is 0 Å². The van der Waals surface area contributed by atoms with Crippen molar-refractivity contribution in [2.24, 2.45) is 0 Å². The molecule has 1 aliphatic heterocycles. The first-order chi connectivity index (χ1) is 14.7. The standard InChI is InChI=1S/C22H28N2O6S/c1-23(2)31(26,27)21-13-15(8-10-20(21)30-5)22(25)24-12-6-7-18(24)17-14-16(28-3)9-11-19(17)29-4/h8-11,13-14,18H,6-7,12H2,1-5H3. The molecule has 0 saturated carbocycles. The maximum atomic E-state index is 13.4. The molecule has 0 aliphatic carbocycles. The summed E-state index contributed by atoms with van der Waals surface area (Å²) in [6.45, 7) is 0.561. The lowest BCUT2D eigenvalue weighted by atomic mass is 10.0. The second-order valence-corrected chi connectivity index (χ2v) is 9.54. The van der Waals surface area contributed by atoms with Gasteiger partial charge in [0, 0.05) is 31.8 Å². The molecular weight excluding hydrogens is 420 g/mol. The number of likely N-dealkylation sites (tertiary alicyclic amines) is 1. The number of benzene rings is 2. The van der Waals surface area contributed by atoms with Gasteiger partial charge in [-0.3, -0.25) is 4.79 Å². The van der Waals surface area contributed by atoms with Crippen molar-refractivity contribution in [1.82, 2.24) is 9.21 Å². The zero-order valence-corrected chi connectivity index (χ0v) is 19.2. The third kappa shape index (κ3) is 4.33. The van der Waals surface area contributed by atoms with Gasteiger partial charge in [-0.2, -0.15) is 0 Å². The third-order valence-electron chi connectivity index (χ3n) is 5.48. The zero-order chi connectivity index (χ0) is 22.8. The van der Waals surface area contributed by atoms with Crippen molar-refractivity contribution >= 4 is 15.9 Å². The van der Waals surface area contributed by atoms with Crippen LogP contribution in [0.25, 0.3) is 0 Å². The Kier molecular flexibility index (Phi) is 6.76. The highest BCUT2D eigenvalue weighted by Crippen LogP contribution is 2.40. The van der Waals surface area contributed by atoms with E-state index < -0.39 is 10.0 Å². The Morgan fingerprint density at radius 2 is 1.68 bits per heavy atom. The van der Waals surface area contributed by atoms with Crippen LogP contribution >= 0.6 is 0 Å². The van der Waals surface area contributed by atoms with Crippen LogP contribution in [-0.4, -0.2) is 65.5 Å². The molecule has 0 bridgehead atoms. The monoisotopic (exact) mass is 448 g/mol. The first-order valence-corrected chi connectivity index (χ1v) is 11.3. The highest BCUT2D eigenvalue weighted by molar-refractivity contribution is 7.89. The Morgan fingerprint density at radius 3 is 2.29 bits per heavy atom. The summed E-state index contributed by atoms with van der Waals surface area (Å²) in [6, 6.07) is 9.80. The van der Waals surface area contributed by atoms with Crippen LogP contribution in [0.4, 0.5) is 0 Å². The number of hydrogen-bond acceptors (Lipinski definition) is 6. The molecule has 2 aromatic rings. The molecule has 1 atom stereocenters. The topological polar surface area (TPSA) is 85.4 Å². The predicted molar refractivity (Wildman–Crippen MR) is 116 cm³/mol. The molecule has 0 spiro atoms. The number of ether oxygens (including phenoxy) is 3. The van der Waals surface area contributed by atoms with Crippen molar-refractivity contribution in [2.45, 2.75) is 23.8 Å². The van der Waals surface area contributed by atoms with Gasteiger partial charge in [0.1, 0.15) is 22.1 Å². The van der Waals surface area contributed by atoms with Gasteiger partial charge in [-0.1, -0.05) is 0 Å². The van der Waals surface area contributed by atoms with E-state index in [0.717, 1.165) is 22.7 Å². The van der Waals surface area contributed by atoms with Crippen LogP contribution in [0, 0.1) is 0 Å². The summed E-state index contributed by atoms with van der Waals surface area (Å²) in [4.78, 5) is 15.2. The molecule has 31 heavy (non-hydrogen) atoms. The smallest absolute Gasteiger partial charge is 0.254 e. The van der Waals surface area contributed by atoms with E-state index in [-0.39, 0.29) is 28.2 Å². The molecular formula is C22H28N2O6S. The van der Waals surface area contributed by atoms with Gasteiger partial charge < -0.3 is 19.1 Å². The molecule has 0 radical (unpaired) electrons. The van der Waals surface area contributed by atoms with Crippen LogP contribution in [-0.2, 0) is 10.0 Å². The van der Waals surface area contributed by atoms with Gasteiger partial charge in [0.2, 0.25) is 10.0 Å². The quantitative estimate of drug-likeness (QED) is 0.648. The fourth-order valence-electron chi connectivity index (χ4n) is 3.81. The second kappa shape index (κ2) is 9.15. The Bertz CT molecular complexity index is 1070. The van der Waals surface area contributed by atoms with E-state index in [1.807, 2.05) is 18.2 Å². The SMILES string of the molecule is COc1ccc(OC)c(C2CCCN2C(=O)c2ccc(OC)c(S(=O)(=O)N(C)C)c2)c1. The van der Waals surface area contributed by atoms with Crippen LogP contribution in [0.5, 0.6) is 17.2 Å². The van der Waals surface area contributed by atoms with E-state index in [9.17, 15) is 13.2 Å². The number of rotatable bonds is 7. The van der Waals surface area contributed by atoms with Crippen LogP contribution in [0.15, 0.2) is 41.3 Å². The third-order valence-corrected chi connectivity index (χ3v) is 7.32. The fraction of sp³-hybridized carbons (Fsp3) is 0.409. The highest BCUT2D eigenvalue weighted by atomic mass is 32.2. The van der Waals surface area contributed by atoms with Gasteiger partial charge in [0.05, 0.1) is 27.4 Å². The summed E-state index contributed by atoms with van der Waals surface area (Å²) in [6.07, 6.45) is 1.60. The molecule has 1 heterocycles. The van der Waals surface area contributed by atoms with E-state index in [2.05, 4.69) is 0 Å². The normalized spacial score (nSPS) is 16.5. The fourth-order valence-corrected chi connectivity index (χ4v) is 4.88. The van der Waals surface area contributed by atoms with E-state index in [1.54, 1.807) is 25.2 Å². The molecule has 1 fully saturated rings. The molecule has 1 aliphatic rings. The maximum Gasteiger partial charge on any atom is 0.254 e. The molecule has 9 heteroatoms. The van der Waals surface area contributed by atoms with Crippen LogP contribution in [0.2, 0.25) is 0 Å². The number of carbonyl (C=O) groups is 1. The largest absolute Gasteiger partial charge is 0.497 e. The summed E-state index contributed by atoms with van der Waals surface area (Å²) in [5.74, 6) is 1.30. The van der Waals surface area contributed by atoms with E-state index in [4.69, 9.17) is 14.2 Å². The van der Waals surface area contributed by atoms with Crippen LogP contribution < -0.4 is 14.2 Å². The number of hydrogen-bond donors (Lipinski definition) is 0. The number of methoxy groups -OCH3 is 3. The molecule has 8 nitrogen and oxygen atoms in total.